The summed E-state index contributed by atoms with van der Waals surface area (Å²) in [5.74, 6) is 3.63. The maximum Gasteiger partial charge on any atom is 0.313 e. The highest BCUT2D eigenvalue weighted by molar-refractivity contribution is 5.87. The van der Waals surface area contributed by atoms with E-state index >= 15 is 0 Å². The monoisotopic (exact) mass is 408 g/mol. The number of aliphatic carboxylic acids is 2. The van der Waals surface area contributed by atoms with Crippen molar-refractivity contribution < 1.29 is 29.3 Å². The van der Waals surface area contributed by atoms with Crippen molar-refractivity contribution in [3.63, 3.8) is 0 Å². The lowest BCUT2D eigenvalue weighted by Crippen LogP contribution is -2.61. The minimum Gasteiger partial charge on any atom is -0.481 e. The largest absolute Gasteiger partial charge is 0.481 e. The van der Waals surface area contributed by atoms with E-state index in [1.165, 1.54) is 0 Å². The highest BCUT2D eigenvalue weighted by Crippen LogP contribution is 3.08. The fraction of sp³-hybridized carbons (Fsp3) is 0.917. The quantitative estimate of drug-likeness (QED) is 0.718. The van der Waals surface area contributed by atoms with Crippen LogP contribution in [0.4, 0.5) is 0 Å². The van der Waals surface area contributed by atoms with Crippen LogP contribution in [0.15, 0.2) is 0 Å². The molecule has 0 aromatic rings. The van der Waals surface area contributed by atoms with Crippen molar-refractivity contribution in [2.45, 2.75) is 11.2 Å². The Kier molecular flexibility index (Phi) is 1.60. The van der Waals surface area contributed by atoms with E-state index in [1.807, 2.05) is 14.2 Å². The molecule has 0 aliphatic heterocycles. The number of hydrogen-bond donors (Lipinski definition) is 2. The fourth-order valence-corrected chi connectivity index (χ4v) is 17.2. The molecular weight excluding hydrogens is 384 g/mol. The molecule has 2 N–H and O–H groups in total. The summed E-state index contributed by atoms with van der Waals surface area (Å²) in [6.07, 6.45) is 0. The van der Waals surface area contributed by atoms with Crippen LogP contribution < -0.4 is 0 Å². The zero-order chi connectivity index (χ0) is 19.8. The maximum atomic E-state index is 13.4. The predicted molar refractivity (Wildman–Crippen MR) is 95.5 cm³/mol. The summed E-state index contributed by atoms with van der Waals surface area (Å²) in [5.41, 5.74) is -2.44. The minimum absolute atomic E-state index is 0.153. The molecule has 30 heavy (non-hydrogen) atoms. The summed E-state index contributed by atoms with van der Waals surface area (Å²) < 4.78 is 13.2. The highest BCUT2D eigenvalue weighted by Gasteiger charge is 3.12. The molecule has 0 saturated heterocycles. The first kappa shape index (κ1) is 14.8. The Balaban J connectivity index is 1.40. The summed E-state index contributed by atoms with van der Waals surface area (Å²) in [6.45, 7) is 0. The average molecular weight is 408 g/mol. The molecule has 0 radical (unpaired) electrons. The van der Waals surface area contributed by atoms with Crippen LogP contribution >= 0.6 is 0 Å². The van der Waals surface area contributed by atoms with Gasteiger partial charge in [0, 0.05) is 14.2 Å². The third kappa shape index (κ3) is 0.677. The van der Waals surface area contributed by atoms with Crippen LogP contribution in [0.1, 0.15) is 0 Å². The van der Waals surface area contributed by atoms with Gasteiger partial charge in [0.15, 0.2) is 0 Å². The number of ether oxygens (including phenoxy) is 2. The molecule has 6 nitrogen and oxygen atoms in total. The molecular formula is C24H24O6. The molecule has 0 aromatic heterocycles. The summed E-state index contributed by atoms with van der Waals surface area (Å²) in [6, 6.07) is 0. The maximum absolute atomic E-state index is 13.4. The third-order valence-corrected chi connectivity index (χ3v) is 15.2. The van der Waals surface area contributed by atoms with Gasteiger partial charge in [-0.15, -0.1) is 0 Å². The number of rotatable bonds is 4. The van der Waals surface area contributed by atoms with Gasteiger partial charge < -0.3 is 19.7 Å². The molecule has 12 aliphatic rings. The number of carboxylic acid groups (broad SMARTS) is 2. The van der Waals surface area contributed by atoms with E-state index in [9.17, 15) is 19.8 Å². The second kappa shape index (κ2) is 3.23. The average Bonchev–Trinajstić information content (AvgIpc) is 3.43. The van der Waals surface area contributed by atoms with E-state index in [0.29, 0.717) is 59.2 Å². The molecule has 12 saturated carbocycles. The fourth-order valence-electron chi connectivity index (χ4n) is 17.2. The Labute approximate surface area is 172 Å². The van der Waals surface area contributed by atoms with Crippen LogP contribution in [0.25, 0.3) is 0 Å². The lowest BCUT2D eigenvalue weighted by Gasteiger charge is -2.49. The topological polar surface area (TPSA) is 93.1 Å². The number of methoxy groups -OCH3 is 2. The van der Waals surface area contributed by atoms with Crippen LogP contribution in [0, 0.1) is 106 Å². The van der Waals surface area contributed by atoms with Gasteiger partial charge in [-0.1, -0.05) is 0 Å². The van der Waals surface area contributed by atoms with Crippen molar-refractivity contribution >= 4 is 11.9 Å². The van der Waals surface area contributed by atoms with E-state index < -0.39 is 34.0 Å². The van der Waals surface area contributed by atoms with Crippen LogP contribution in [0.2, 0.25) is 0 Å². The zero-order valence-corrected chi connectivity index (χ0v) is 16.8. The lowest BCUT2D eigenvalue weighted by atomic mass is 9.59. The smallest absolute Gasteiger partial charge is 0.313 e. The number of carbonyl (C=O) groups is 2. The van der Waals surface area contributed by atoms with Gasteiger partial charge in [-0.25, -0.2) is 0 Å². The van der Waals surface area contributed by atoms with Crippen molar-refractivity contribution in [1.29, 1.82) is 0 Å². The molecule has 12 fully saturated rings. The first-order valence-corrected chi connectivity index (χ1v) is 12.1. The van der Waals surface area contributed by atoms with Crippen molar-refractivity contribution in [3.05, 3.63) is 0 Å². The first-order valence-electron chi connectivity index (χ1n) is 12.1. The molecule has 12 aliphatic carbocycles. The van der Waals surface area contributed by atoms with Crippen molar-refractivity contribution in [3.8, 4) is 0 Å². The zero-order valence-electron chi connectivity index (χ0n) is 16.8. The van der Waals surface area contributed by atoms with Crippen molar-refractivity contribution in [2.75, 3.05) is 14.2 Å². The summed E-state index contributed by atoms with van der Waals surface area (Å²) in [4.78, 5) is 26.7. The van der Waals surface area contributed by atoms with Gasteiger partial charge in [-0.2, -0.15) is 0 Å². The van der Waals surface area contributed by atoms with Gasteiger partial charge in [0.05, 0.1) is 11.2 Å². The normalized spacial score (nSPS) is 85.7. The van der Waals surface area contributed by atoms with Crippen LogP contribution in [-0.4, -0.2) is 47.6 Å². The highest BCUT2D eigenvalue weighted by atomic mass is 16.5. The molecule has 12 atom stereocenters. The Morgan fingerprint density at radius 2 is 0.767 bits per heavy atom. The van der Waals surface area contributed by atoms with Gasteiger partial charge >= 0.3 is 11.9 Å². The molecule has 12 unspecified atom stereocenters. The van der Waals surface area contributed by atoms with Crippen LogP contribution in [0.3, 0.4) is 0 Å². The second-order valence-corrected chi connectivity index (χ2v) is 13.2. The van der Waals surface area contributed by atoms with Crippen LogP contribution in [-0.2, 0) is 19.1 Å². The van der Waals surface area contributed by atoms with Gasteiger partial charge in [-0.3, -0.25) is 9.59 Å². The second-order valence-electron chi connectivity index (χ2n) is 13.2. The number of hydrogen-bond acceptors (Lipinski definition) is 4. The predicted octanol–water partition coefficient (Wildman–Crippen LogP) is 0.908. The Bertz CT molecular complexity index is 973. The van der Waals surface area contributed by atoms with Crippen molar-refractivity contribution in [2.24, 2.45) is 106 Å². The Morgan fingerprint density at radius 3 is 1.00 bits per heavy atom. The molecule has 12 rings (SSSR count). The summed E-state index contributed by atoms with van der Waals surface area (Å²) in [5, 5.41) is 22.0. The molecule has 0 aromatic carbocycles. The standard InChI is InChI=1S/C24H24O6/c1-29-23-15-5-7-13-3-4-12(21(23,11(3)5)19(25)26)6-8-14(4)22(13,20(27)28)24(30-2)17(7)9(15)10(16(6)23)18(8)24/h3-18H,1-2H3,(H,25,26)(H,27,28). The molecule has 156 valence electrons. The van der Waals surface area contributed by atoms with E-state index in [4.69, 9.17) is 9.47 Å². The lowest BCUT2D eigenvalue weighted by molar-refractivity contribution is -0.198. The Hall–Kier alpha value is -1.14. The minimum atomic E-state index is -0.736. The molecule has 0 spiro atoms. The third-order valence-electron chi connectivity index (χ3n) is 15.2. The van der Waals surface area contributed by atoms with Gasteiger partial charge in [0.1, 0.15) is 10.8 Å². The molecule has 0 bridgehead atoms. The summed E-state index contributed by atoms with van der Waals surface area (Å²) in [7, 11) is 3.64. The van der Waals surface area contributed by atoms with E-state index in [2.05, 4.69) is 0 Å². The van der Waals surface area contributed by atoms with Crippen molar-refractivity contribution in [1.82, 2.24) is 0 Å². The van der Waals surface area contributed by atoms with Crippen LogP contribution in [0.5, 0.6) is 0 Å². The Morgan fingerprint density at radius 1 is 0.533 bits per heavy atom. The SMILES string of the molecule is COC12C3C4C5C1C1C6C5C5(OC)C4C4C3C3C7C(C1C32C(=O)O)C6C5(C(=O)O)C47. The summed E-state index contributed by atoms with van der Waals surface area (Å²) >= 11 is 0. The van der Waals surface area contributed by atoms with Gasteiger partial charge in [0.25, 0.3) is 0 Å². The number of carboxylic acids is 2. The first-order chi connectivity index (χ1) is 14.5. The van der Waals surface area contributed by atoms with E-state index in [1.54, 1.807) is 0 Å². The molecule has 0 amide bonds. The van der Waals surface area contributed by atoms with Gasteiger partial charge in [0.2, 0.25) is 0 Å². The van der Waals surface area contributed by atoms with E-state index in [0.717, 1.165) is 0 Å². The molecule has 6 heteroatoms. The van der Waals surface area contributed by atoms with Gasteiger partial charge in [-0.05, 0) is 94.7 Å². The molecule has 0 heterocycles. The van der Waals surface area contributed by atoms with E-state index in [-0.39, 0.29) is 35.5 Å².